The summed E-state index contributed by atoms with van der Waals surface area (Å²) in [4.78, 5) is 35.3. The van der Waals surface area contributed by atoms with Crippen molar-refractivity contribution in [1.82, 2.24) is 10.6 Å². The molecule has 1 aromatic carbocycles. The van der Waals surface area contributed by atoms with Crippen LogP contribution in [0.25, 0.3) is 0 Å². The van der Waals surface area contributed by atoms with Crippen LogP contribution in [0.4, 0.5) is 4.39 Å². The van der Waals surface area contributed by atoms with E-state index in [1.807, 2.05) is 0 Å². The molecule has 1 fully saturated rings. The van der Waals surface area contributed by atoms with E-state index in [9.17, 15) is 18.8 Å². The lowest BCUT2D eigenvalue weighted by Crippen LogP contribution is -2.53. The quantitative estimate of drug-likeness (QED) is 0.650. The monoisotopic (exact) mass is 335 g/mol. The summed E-state index contributed by atoms with van der Waals surface area (Å²) in [6.07, 6.45) is 2.68. The first-order chi connectivity index (χ1) is 11.3. The van der Waals surface area contributed by atoms with Crippen molar-refractivity contribution < 1.29 is 18.8 Å². The second-order valence-corrected chi connectivity index (χ2v) is 6.23. The van der Waals surface area contributed by atoms with Gasteiger partial charge in [-0.2, -0.15) is 0 Å². The van der Waals surface area contributed by atoms with E-state index < -0.39 is 29.7 Å². The number of nitrogens with one attached hydrogen (secondary N) is 2. The number of carbonyl (C=O) groups excluding carboxylic acids is 3. The van der Waals surface area contributed by atoms with E-state index in [4.69, 9.17) is 5.73 Å². The summed E-state index contributed by atoms with van der Waals surface area (Å²) in [5, 5.41) is 5.14. The Morgan fingerprint density at radius 2 is 1.96 bits per heavy atom. The number of amides is 3. The highest BCUT2D eigenvalue weighted by atomic mass is 19.1. The van der Waals surface area contributed by atoms with Gasteiger partial charge in [0.05, 0.1) is 0 Å². The molecule has 1 aromatic rings. The highest BCUT2D eigenvalue weighted by Crippen LogP contribution is 2.33. The van der Waals surface area contributed by atoms with Crippen LogP contribution in [-0.4, -0.2) is 29.8 Å². The zero-order chi connectivity index (χ0) is 17.7. The average molecular weight is 335 g/mol. The summed E-state index contributed by atoms with van der Waals surface area (Å²) >= 11 is 0. The van der Waals surface area contributed by atoms with Crippen molar-refractivity contribution >= 4 is 17.7 Å². The fourth-order valence-electron chi connectivity index (χ4n) is 2.56. The van der Waals surface area contributed by atoms with Gasteiger partial charge in [-0.15, -0.1) is 0 Å². The molecular formula is C17H22FN3O3. The molecule has 0 bridgehead atoms. The van der Waals surface area contributed by atoms with Crippen LogP contribution in [-0.2, 0) is 20.8 Å². The van der Waals surface area contributed by atoms with E-state index in [-0.39, 0.29) is 12.3 Å². The zero-order valence-electron chi connectivity index (χ0n) is 13.5. The number of hydrogen-bond acceptors (Lipinski definition) is 3. The Hall–Kier alpha value is -2.44. The molecule has 0 aromatic heterocycles. The molecule has 0 heterocycles. The molecule has 6 nitrogen and oxygen atoms in total. The van der Waals surface area contributed by atoms with Crippen molar-refractivity contribution in [3.8, 4) is 0 Å². The topological polar surface area (TPSA) is 101 Å². The van der Waals surface area contributed by atoms with Gasteiger partial charge in [0.1, 0.15) is 17.9 Å². The number of hydrogen-bond donors (Lipinski definition) is 3. The van der Waals surface area contributed by atoms with E-state index >= 15 is 0 Å². The van der Waals surface area contributed by atoms with Crippen molar-refractivity contribution in [3.05, 3.63) is 35.6 Å². The second-order valence-electron chi connectivity index (χ2n) is 6.23. The van der Waals surface area contributed by atoms with Crippen molar-refractivity contribution in [2.24, 2.45) is 11.7 Å². The lowest BCUT2D eigenvalue weighted by atomic mass is 10.0. The number of primary amides is 1. The van der Waals surface area contributed by atoms with Gasteiger partial charge < -0.3 is 16.4 Å². The minimum absolute atomic E-state index is 0.123. The summed E-state index contributed by atoms with van der Waals surface area (Å²) in [5.41, 5.74) is 5.92. The predicted molar refractivity (Wildman–Crippen MR) is 86.2 cm³/mol. The Morgan fingerprint density at radius 1 is 1.25 bits per heavy atom. The van der Waals surface area contributed by atoms with Crippen LogP contribution in [0, 0.1) is 11.7 Å². The van der Waals surface area contributed by atoms with Crippen LogP contribution >= 0.6 is 0 Å². The first kappa shape index (κ1) is 17.9. The van der Waals surface area contributed by atoms with Gasteiger partial charge in [-0.05, 0) is 30.0 Å². The molecule has 130 valence electrons. The van der Waals surface area contributed by atoms with Gasteiger partial charge in [0.15, 0.2) is 0 Å². The maximum atomic E-state index is 13.3. The number of carbonyl (C=O) groups is 3. The summed E-state index contributed by atoms with van der Waals surface area (Å²) in [7, 11) is 0. The van der Waals surface area contributed by atoms with Crippen molar-refractivity contribution in [3.63, 3.8) is 0 Å². The van der Waals surface area contributed by atoms with Crippen molar-refractivity contribution in [2.75, 3.05) is 0 Å². The van der Waals surface area contributed by atoms with Gasteiger partial charge in [0.25, 0.3) is 0 Å². The van der Waals surface area contributed by atoms with E-state index in [1.165, 1.54) is 25.1 Å². The molecule has 0 unspecified atom stereocenters. The van der Waals surface area contributed by atoms with Gasteiger partial charge >= 0.3 is 0 Å². The number of nitrogens with two attached hydrogens (primary N) is 1. The van der Waals surface area contributed by atoms with E-state index in [0.29, 0.717) is 17.9 Å². The third kappa shape index (κ3) is 5.64. The van der Waals surface area contributed by atoms with E-state index in [1.54, 1.807) is 6.07 Å². The van der Waals surface area contributed by atoms with Crippen LogP contribution in [0.15, 0.2) is 24.3 Å². The first-order valence-corrected chi connectivity index (χ1v) is 7.96. The molecule has 0 saturated heterocycles. The number of rotatable bonds is 8. The van der Waals surface area contributed by atoms with Gasteiger partial charge in [-0.3, -0.25) is 14.4 Å². The molecule has 1 saturated carbocycles. The third-order valence-electron chi connectivity index (χ3n) is 3.95. The van der Waals surface area contributed by atoms with Crippen LogP contribution in [0.5, 0.6) is 0 Å². The highest BCUT2D eigenvalue weighted by Gasteiger charge is 2.31. The lowest BCUT2D eigenvalue weighted by Gasteiger charge is -2.21. The normalized spacial score (nSPS) is 16.1. The molecule has 1 aliphatic rings. The minimum atomic E-state index is -0.898. The van der Waals surface area contributed by atoms with Crippen LogP contribution in [0.3, 0.4) is 0 Å². The fraction of sp³-hybridized carbons (Fsp3) is 0.471. The molecule has 4 N–H and O–H groups in total. The fourth-order valence-corrected chi connectivity index (χ4v) is 2.56. The highest BCUT2D eigenvalue weighted by molar-refractivity contribution is 5.91. The van der Waals surface area contributed by atoms with Gasteiger partial charge in [-0.1, -0.05) is 25.0 Å². The van der Waals surface area contributed by atoms with Crippen LogP contribution in [0.2, 0.25) is 0 Å². The first-order valence-electron chi connectivity index (χ1n) is 7.96. The van der Waals surface area contributed by atoms with Gasteiger partial charge in [-0.25, -0.2) is 4.39 Å². The Balaban J connectivity index is 2.05. The zero-order valence-corrected chi connectivity index (χ0v) is 13.5. The molecule has 0 aliphatic heterocycles. The molecule has 24 heavy (non-hydrogen) atoms. The summed E-state index contributed by atoms with van der Waals surface area (Å²) in [6.45, 7) is 1.29. The lowest BCUT2D eigenvalue weighted by molar-refractivity contribution is -0.131. The van der Waals surface area contributed by atoms with Crippen LogP contribution in [0.1, 0.15) is 31.7 Å². The largest absolute Gasteiger partial charge is 0.368 e. The maximum absolute atomic E-state index is 13.3. The molecule has 1 aliphatic carbocycles. The molecule has 0 radical (unpaired) electrons. The second kappa shape index (κ2) is 7.90. The summed E-state index contributed by atoms with van der Waals surface area (Å²) in [6, 6.07) is 4.15. The predicted octanol–water partition coefficient (Wildman–Crippen LogP) is 0.643. The minimum Gasteiger partial charge on any atom is -0.368 e. The van der Waals surface area contributed by atoms with Gasteiger partial charge in [0.2, 0.25) is 17.7 Å². The molecular weight excluding hydrogens is 313 g/mol. The van der Waals surface area contributed by atoms with Gasteiger partial charge in [0, 0.05) is 13.3 Å². The van der Waals surface area contributed by atoms with Crippen molar-refractivity contribution in [1.29, 1.82) is 0 Å². The molecule has 7 heteroatoms. The third-order valence-corrected chi connectivity index (χ3v) is 3.95. The summed E-state index contributed by atoms with van der Waals surface area (Å²) in [5.74, 6) is -1.49. The molecule has 0 spiro atoms. The standard InChI is InChI=1S/C17H22FN3O3/c1-10(22)20-15(9-12-3-2-4-13(18)7-12)17(24)21-14(16(19)23)8-11-5-6-11/h2-4,7,11,14-15H,5-6,8-9H2,1H3,(H2,19,23)(H,20,22)(H,21,24)/t14-,15-/m0/s1. The summed E-state index contributed by atoms with van der Waals surface area (Å²) < 4.78 is 13.3. The maximum Gasteiger partial charge on any atom is 0.243 e. The number of halogens is 1. The SMILES string of the molecule is CC(=O)N[C@@H](Cc1cccc(F)c1)C(=O)N[C@@H](CC1CC1)C(N)=O. The van der Waals surface area contributed by atoms with Crippen LogP contribution < -0.4 is 16.4 Å². The van der Waals surface area contributed by atoms with Crippen molar-refractivity contribution in [2.45, 2.75) is 44.7 Å². The Morgan fingerprint density at radius 3 is 2.50 bits per heavy atom. The molecule has 2 atom stereocenters. The molecule has 3 amide bonds. The van der Waals surface area contributed by atoms with E-state index in [0.717, 1.165) is 12.8 Å². The Kier molecular flexibility index (Phi) is 5.89. The smallest absolute Gasteiger partial charge is 0.243 e. The number of benzene rings is 1. The van der Waals surface area contributed by atoms with E-state index in [2.05, 4.69) is 10.6 Å². The molecule has 2 rings (SSSR count). The Bertz CT molecular complexity index is 631. The Labute approximate surface area is 140 Å². The average Bonchev–Trinajstić information content (AvgIpc) is 3.29.